The van der Waals surface area contributed by atoms with Crippen LogP contribution in [0.2, 0.25) is 0 Å². The Morgan fingerprint density at radius 2 is 1.67 bits per heavy atom. The molecule has 0 aliphatic rings. The highest BCUT2D eigenvalue weighted by Crippen LogP contribution is 2.14. The molecule has 2 aromatic rings. The van der Waals surface area contributed by atoms with E-state index in [-0.39, 0.29) is 17.7 Å². The van der Waals surface area contributed by atoms with E-state index in [0.29, 0.717) is 6.54 Å². The number of benzene rings is 2. The molecule has 0 radical (unpaired) electrons. The van der Waals surface area contributed by atoms with Gasteiger partial charge >= 0.3 is 0 Å². The van der Waals surface area contributed by atoms with Crippen molar-refractivity contribution >= 4 is 0 Å². The minimum absolute atomic E-state index is 0.0176. The van der Waals surface area contributed by atoms with Crippen LogP contribution in [0.1, 0.15) is 24.1 Å². The largest absolute Gasteiger partial charge is 0.306 e. The van der Waals surface area contributed by atoms with Crippen LogP contribution in [0, 0.1) is 11.6 Å². The van der Waals surface area contributed by atoms with E-state index in [1.807, 2.05) is 19.1 Å². The number of halogens is 2. The summed E-state index contributed by atoms with van der Waals surface area (Å²) < 4.78 is 26.1. The van der Waals surface area contributed by atoms with Crippen LogP contribution in [0.4, 0.5) is 8.78 Å². The quantitative estimate of drug-likeness (QED) is 0.866. The first kappa shape index (κ1) is 12.7. The van der Waals surface area contributed by atoms with E-state index in [1.54, 1.807) is 12.1 Å². The van der Waals surface area contributed by atoms with Crippen LogP contribution in [0.5, 0.6) is 0 Å². The van der Waals surface area contributed by atoms with Gasteiger partial charge in [0.25, 0.3) is 0 Å². The number of hydrogen-bond donors (Lipinski definition) is 1. The Labute approximate surface area is 105 Å². The number of nitrogens with one attached hydrogen (secondary N) is 1. The molecule has 0 amide bonds. The van der Waals surface area contributed by atoms with E-state index in [2.05, 4.69) is 5.32 Å². The molecule has 0 fully saturated rings. The maximum Gasteiger partial charge on any atom is 0.123 e. The molecule has 0 saturated heterocycles. The normalized spacial score (nSPS) is 12.4. The zero-order chi connectivity index (χ0) is 13.0. The zero-order valence-corrected chi connectivity index (χ0v) is 10.2. The Balaban J connectivity index is 1.98. The second-order valence-corrected chi connectivity index (χ2v) is 4.29. The summed E-state index contributed by atoms with van der Waals surface area (Å²) in [6.07, 6.45) is 0. The molecule has 1 atom stereocenters. The third-order valence-electron chi connectivity index (χ3n) is 2.85. The Hall–Kier alpha value is -1.74. The van der Waals surface area contributed by atoms with Crippen molar-refractivity contribution in [1.29, 1.82) is 0 Å². The van der Waals surface area contributed by atoms with Crippen LogP contribution in [0.15, 0.2) is 48.5 Å². The van der Waals surface area contributed by atoms with Crippen LogP contribution < -0.4 is 5.32 Å². The highest BCUT2D eigenvalue weighted by atomic mass is 19.1. The van der Waals surface area contributed by atoms with Gasteiger partial charge in [-0.25, -0.2) is 8.78 Å². The van der Waals surface area contributed by atoms with Crippen LogP contribution >= 0.6 is 0 Å². The van der Waals surface area contributed by atoms with Crippen LogP contribution in [0.3, 0.4) is 0 Å². The molecule has 3 heteroatoms. The first-order valence-electron chi connectivity index (χ1n) is 5.88. The van der Waals surface area contributed by atoms with Gasteiger partial charge in [0, 0.05) is 12.6 Å². The highest BCUT2D eigenvalue weighted by molar-refractivity contribution is 5.20. The topological polar surface area (TPSA) is 12.0 Å². The third kappa shape index (κ3) is 3.37. The van der Waals surface area contributed by atoms with E-state index >= 15 is 0 Å². The van der Waals surface area contributed by atoms with Crippen LogP contribution in [0.25, 0.3) is 0 Å². The van der Waals surface area contributed by atoms with Crippen LogP contribution in [-0.2, 0) is 6.54 Å². The maximum absolute atomic E-state index is 13.1. The fraction of sp³-hybridized carbons (Fsp3) is 0.200. The van der Waals surface area contributed by atoms with Gasteiger partial charge in [0.15, 0.2) is 0 Å². The Morgan fingerprint density at radius 3 is 2.33 bits per heavy atom. The average molecular weight is 247 g/mol. The lowest BCUT2D eigenvalue weighted by Gasteiger charge is -2.14. The van der Waals surface area contributed by atoms with Gasteiger partial charge in [0.2, 0.25) is 0 Å². The second-order valence-electron chi connectivity index (χ2n) is 4.29. The van der Waals surface area contributed by atoms with E-state index in [9.17, 15) is 8.78 Å². The van der Waals surface area contributed by atoms with Crippen molar-refractivity contribution in [2.45, 2.75) is 19.5 Å². The minimum Gasteiger partial charge on any atom is -0.306 e. The maximum atomic E-state index is 13.1. The molecular formula is C15H15F2N. The second kappa shape index (κ2) is 5.74. The Morgan fingerprint density at radius 1 is 1.00 bits per heavy atom. The molecule has 0 unspecified atom stereocenters. The van der Waals surface area contributed by atoms with Crippen molar-refractivity contribution < 1.29 is 8.78 Å². The van der Waals surface area contributed by atoms with Crippen molar-refractivity contribution in [2.75, 3.05) is 0 Å². The smallest absolute Gasteiger partial charge is 0.123 e. The summed E-state index contributed by atoms with van der Waals surface area (Å²) in [6, 6.07) is 12.9. The molecule has 1 nitrogen and oxygen atoms in total. The molecule has 2 rings (SSSR count). The molecular weight excluding hydrogens is 232 g/mol. The standard InChI is InChI=1S/C15H15F2N/c1-11(13-5-3-7-15(17)9-13)18-10-12-4-2-6-14(16)8-12/h2-9,11,18H,10H2,1H3/t11-/m1/s1. The van der Waals surface area contributed by atoms with Gasteiger partial charge in [-0.15, -0.1) is 0 Å². The van der Waals surface area contributed by atoms with Gasteiger partial charge in [-0.1, -0.05) is 24.3 Å². The summed E-state index contributed by atoms with van der Waals surface area (Å²) in [5.74, 6) is -0.486. The lowest BCUT2D eigenvalue weighted by atomic mass is 10.1. The molecule has 18 heavy (non-hydrogen) atoms. The van der Waals surface area contributed by atoms with Crippen LogP contribution in [-0.4, -0.2) is 0 Å². The van der Waals surface area contributed by atoms with E-state index in [1.165, 1.54) is 24.3 Å². The Kier molecular flexibility index (Phi) is 4.05. The monoisotopic (exact) mass is 247 g/mol. The van der Waals surface area contributed by atoms with Gasteiger partial charge in [0.05, 0.1) is 0 Å². The fourth-order valence-electron chi connectivity index (χ4n) is 1.81. The molecule has 94 valence electrons. The van der Waals surface area contributed by atoms with Crippen molar-refractivity contribution in [1.82, 2.24) is 5.32 Å². The molecule has 0 bridgehead atoms. The summed E-state index contributed by atoms with van der Waals surface area (Å²) in [5.41, 5.74) is 1.75. The van der Waals surface area contributed by atoms with Gasteiger partial charge in [-0.05, 0) is 42.3 Å². The minimum atomic E-state index is -0.244. The van der Waals surface area contributed by atoms with E-state index in [4.69, 9.17) is 0 Å². The highest BCUT2D eigenvalue weighted by Gasteiger charge is 2.05. The summed E-state index contributed by atoms with van der Waals surface area (Å²) in [6.45, 7) is 2.50. The predicted molar refractivity (Wildman–Crippen MR) is 68.1 cm³/mol. The van der Waals surface area contributed by atoms with Gasteiger partial charge in [-0.3, -0.25) is 0 Å². The van der Waals surface area contributed by atoms with Crippen molar-refractivity contribution in [3.8, 4) is 0 Å². The summed E-state index contributed by atoms with van der Waals surface area (Å²) in [7, 11) is 0. The van der Waals surface area contributed by atoms with E-state index < -0.39 is 0 Å². The molecule has 0 aromatic heterocycles. The molecule has 0 aliphatic heterocycles. The van der Waals surface area contributed by atoms with Gasteiger partial charge in [0.1, 0.15) is 11.6 Å². The van der Waals surface area contributed by atoms with Gasteiger partial charge in [-0.2, -0.15) is 0 Å². The summed E-state index contributed by atoms with van der Waals surface area (Å²) in [4.78, 5) is 0. The SMILES string of the molecule is C[C@@H](NCc1cccc(F)c1)c1cccc(F)c1. The molecule has 0 heterocycles. The lowest BCUT2D eigenvalue weighted by Crippen LogP contribution is -2.18. The number of hydrogen-bond acceptors (Lipinski definition) is 1. The fourth-order valence-corrected chi connectivity index (χ4v) is 1.81. The molecule has 0 saturated carbocycles. The first-order valence-corrected chi connectivity index (χ1v) is 5.88. The third-order valence-corrected chi connectivity index (χ3v) is 2.85. The summed E-state index contributed by atoms with van der Waals surface area (Å²) in [5, 5.41) is 3.24. The van der Waals surface area contributed by atoms with Gasteiger partial charge < -0.3 is 5.32 Å². The average Bonchev–Trinajstić information content (AvgIpc) is 2.36. The van der Waals surface area contributed by atoms with E-state index in [0.717, 1.165) is 11.1 Å². The van der Waals surface area contributed by atoms with Crippen molar-refractivity contribution in [3.05, 3.63) is 71.3 Å². The number of rotatable bonds is 4. The van der Waals surface area contributed by atoms with Crippen molar-refractivity contribution in [2.24, 2.45) is 0 Å². The first-order chi connectivity index (χ1) is 8.65. The Bertz CT molecular complexity index is 525. The molecule has 2 aromatic carbocycles. The molecule has 0 aliphatic carbocycles. The predicted octanol–water partition coefficient (Wildman–Crippen LogP) is 3.82. The lowest BCUT2D eigenvalue weighted by molar-refractivity contribution is 0.561. The zero-order valence-electron chi connectivity index (χ0n) is 10.2. The van der Waals surface area contributed by atoms with Crippen molar-refractivity contribution in [3.63, 3.8) is 0 Å². The summed E-state index contributed by atoms with van der Waals surface area (Å²) >= 11 is 0. The molecule has 0 spiro atoms. The molecule has 1 N–H and O–H groups in total.